The average molecular weight is 357 g/mol. The van der Waals surface area contributed by atoms with E-state index in [4.69, 9.17) is 15.2 Å². The molecule has 0 aliphatic heterocycles. The Morgan fingerprint density at radius 3 is 2.48 bits per heavy atom. The minimum Gasteiger partial charge on any atom is -0.493 e. The molecule has 0 amide bonds. The molecule has 1 fully saturated rings. The van der Waals surface area contributed by atoms with Gasteiger partial charge in [0.15, 0.2) is 0 Å². The number of alkyl halides is 3. The zero-order chi connectivity index (χ0) is 18.4. The van der Waals surface area contributed by atoms with Crippen LogP contribution in [0.15, 0.2) is 24.4 Å². The minimum atomic E-state index is -4.21. The van der Waals surface area contributed by atoms with Crippen molar-refractivity contribution in [3.8, 4) is 5.75 Å². The largest absolute Gasteiger partial charge is 0.493 e. The molecule has 0 spiro atoms. The standard InChI is InChI=1S/C19H26F3NO2/c1-13-3-6-16(25-10-9-19(20,21)22)11-17(13)18(12-23)14-4-7-15(24-2)8-5-14/h3,6,11-12,14-15H,4-5,7-10,23H2,1-2H3/b18-12+. The first-order valence-corrected chi connectivity index (χ1v) is 8.59. The number of aryl methyl sites for hydroxylation is 1. The highest BCUT2D eigenvalue weighted by molar-refractivity contribution is 5.70. The molecule has 0 aromatic heterocycles. The van der Waals surface area contributed by atoms with E-state index in [1.54, 1.807) is 25.4 Å². The number of nitrogens with two attached hydrogens (primary N) is 1. The molecule has 0 radical (unpaired) electrons. The van der Waals surface area contributed by atoms with Gasteiger partial charge < -0.3 is 15.2 Å². The second-order valence-corrected chi connectivity index (χ2v) is 6.52. The van der Waals surface area contributed by atoms with E-state index in [9.17, 15) is 13.2 Å². The van der Waals surface area contributed by atoms with E-state index < -0.39 is 12.6 Å². The van der Waals surface area contributed by atoms with Crippen molar-refractivity contribution in [2.45, 2.75) is 51.3 Å². The van der Waals surface area contributed by atoms with Gasteiger partial charge in [0.05, 0.1) is 19.1 Å². The third kappa shape index (κ3) is 5.66. The Kier molecular flexibility index (Phi) is 6.76. The third-order valence-corrected chi connectivity index (χ3v) is 4.80. The molecule has 6 heteroatoms. The quantitative estimate of drug-likeness (QED) is 0.793. The maximum atomic E-state index is 12.3. The van der Waals surface area contributed by atoms with E-state index in [0.717, 1.165) is 42.4 Å². The SMILES string of the molecule is COC1CCC(/C(=C\N)c2cc(OCCC(F)(F)F)ccc2C)CC1. The summed E-state index contributed by atoms with van der Waals surface area (Å²) in [6, 6.07) is 5.36. The monoisotopic (exact) mass is 357 g/mol. The Morgan fingerprint density at radius 2 is 1.92 bits per heavy atom. The van der Waals surface area contributed by atoms with Crippen LogP contribution in [0.5, 0.6) is 5.75 Å². The molecule has 1 aromatic rings. The Bertz CT molecular complexity index is 591. The number of rotatable bonds is 6. The highest BCUT2D eigenvalue weighted by Crippen LogP contribution is 2.38. The fourth-order valence-corrected chi connectivity index (χ4v) is 3.34. The van der Waals surface area contributed by atoms with Gasteiger partial charge in [0.2, 0.25) is 0 Å². The van der Waals surface area contributed by atoms with Gasteiger partial charge in [-0.15, -0.1) is 0 Å². The van der Waals surface area contributed by atoms with Gasteiger partial charge in [0.1, 0.15) is 5.75 Å². The summed E-state index contributed by atoms with van der Waals surface area (Å²) in [6.07, 6.45) is 0.694. The van der Waals surface area contributed by atoms with Gasteiger partial charge in [0, 0.05) is 7.11 Å². The first kappa shape index (κ1) is 19.6. The average Bonchev–Trinajstić information content (AvgIpc) is 2.57. The van der Waals surface area contributed by atoms with Gasteiger partial charge in [-0.3, -0.25) is 0 Å². The van der Waals surface area contributed by atoms with E-state index in [0.29, 0.717) is 17.8 Å². The topological polar surface area (TPSA) is 44.5 Å². The number of halogens is 3. The van der Waals surface area contributed by atoms with Crippen molar-refractivity contribution in [2.24, 2.45) is 11.7 Å². The van der Waals surface area contributed by atoms with Gasteiger partial charge in [0.25, 0.3) is 0 Å². The zero-order valence-electron chi connectivity index (χ0n) is 14.7. The van der Waals surface area contributed by atoms with Crippen molar-refractivity contribution in [2.75, 3.05) is 13.7 Å². The number of methoxy groups -OCH3 is 1. The van der Waals surface area contributed by atoms with Crippen LogP contribution in [0.4, 0.5) is 13.2 Å². The molecule has 140 valence electrons. The molecule has 1 aromatic carbocycles. The molecule has 1 saturated carbocycles. The lowest BCUT2D eigenvalue weighted by molar-refractivity contribution is -0.139. The molecule has 2 N–H and O–H groups in total. The van der Waals surface area contributed by atoms with Crippen molar-refractivity contribution >= 4 is 5.57 Å². The summed E-state index contributed by atoms with van der Waals surface area (Å²) in [6.45, 7) is 1.59. The first-order valence-electron chi connectivity index (χ1n) is 8.59. The fraction of sp³-hybridized carbons (Fsp3) is 0.579. The van der Waals surface area contributed by atoms with E-state index >= 15 is 0 Å². The molecule has 3 nitrogen and oxygen atoms in total. The van der Waals surface area contributed by atoms with Crippen LogP contribution in [0.2, 0.25) is 0 Å². The lowest BCUT2D eigenvalue weighted by Crippen LogP contribution is -2.21. The second-order valence-electron chi connectivity index (χ2n) is 6.52. The van der Waals surface area contributed by atoms with Crippen molar-refractivity contribution in [1.82, 2.24) is 0 Å². The smallest absolute Gasteiger partial charge is 0.392 e. The van der Waals surface area contributed by atoms with Gasteiger partial charge in [-0.05, 0) is 73.6 Å². The van der Waals surface area contributed by atoms with Crippen LogP contribution in [0.3, 0.4) is 0 Å². The predicted molar refractivity (Wildman–Crippen MR) is 92.3 cm³/mol. The molecule has 0 heterocycles. The number of benzene rings is 1. The van der Waals surface area contributed by atoms with Crippen LogP contribution >= 0.6 is 0 Å². The van der Waals surface area contributed by atoms with Gasteiger partial charge in [-0.2, -0.15) is 13.2 Å². The molecule has 0 atom stereocenters. The van der Waals surface area contributed by atoms with E-state index in [2.05, 4.69) is 0 Å². The van der Waals surface area contributed by atoms with Gasteiger partial charge in [-0.1, -0.05) is 6.07 Å². The minimum absolute atomic E-state index is 0.299. The number of allylic oxidation sites excluding steroid dienone is 1. The van der Waals surface area contributed by atoms with Crippen LogP contribution in [0.1, 0.15) is 43.2 Å². The van der Waals surface area contributed by atoms with Crippen molar-refractivity contribution in [3.63, 3.8) is 0 Å². The summed E-state index contributed by atoms with van der Waals surface area (Å²) in [4.78, 5) is 0. The molecule has 0 unspecified atom stereocenters. The Morgan fingerprint density at radius 1 is 1.24 bits per heavy atom. The van der Waals surface area contributed by atoms with Crippen LogP contribution in [-0.4, -0.2) is 26.0 Å². The van der Waals surface area contributed by atoms with E-state index in [1.807, 2.05) is 13.0 Å². The molecule has 0 bridgehead atoms. The summed E-state index contributed by atoms with van der Waals surface area (Å²) in [5.41, 5.74) is 8.92. The molecular formula is C19H26F3NO2. The fourth-order valence-electron chi connectivity index (χ4n) is 3.34. The Labute approximate surface area is 147 Å². The molecule has 1 aliphatic rings. The van der Waals surface area contributed by atoms with Crippen LogP contribution in [0.25, 0.3) is 5.57 Å². The number of ether oxygens (including phenoxy) is 2. The molecular weight excluding hydrogens is 331 g/mol. The van der Waals surface area contributed by atoms with Crippen molar-refractivity contribution < 1.29 is 22.6 Å². The van der Waals surface area contributed by atoms with E-state index in [1.165, 1.54) is 0 Å². The van der Waals surface area contributed by atoms with Gasteiger partial charge in [-0.25, -0.2) is 0 Å². The Hall–Kier alpha value is -1.69. The van der Waals surface area contributed by atoms with Crippen LogP contribution in [-0.2, 0) is 4.74 Å². The Balaban J connectivity index is 2.09. The summed E-state index contributed by atoms with van der Waals surface area (Å²) >= 11 is 0. The summed E-state index contributed by atoms with van der Waals surface area (Å²) in [7, 11) is 1.73. The predicted octanol–water partition coefficient (Wildman–Crippen LogP) is 4.83. The molecule has 25 heavy (non-hydrogen) atoms. The van der Waals surface area contributed by atoms with Crippen LogP contribution < -0.4 is 10.5 Å². The maximum absolute atomic E-state index is 12.3. The first-order chi connectivity index (χ1) is 11.8. The third-order valence-electron chi connectivity index (χ3n) is 4.80. The summed E-state index contributed by atoms with van der Waals surface area (Å²) < 4.78 is 47.5. The zero-order valence-corrected chi connectivity index (χ0v) is 14.7. The number of hydrogen-bond donors (Lipinski definition) is 1. The lowest BCUT2D eigenvalue weighted by atomic mass is 9.79. The maximum Gasteiger partial charge on any atom is 0.392 e. The molecule has 0 saturated heterocycles. The molecule has 1 aliphatic carbocycles. The van der Waals surface area contributed by atoms with Crippen molar-refractivity contribution in [1.29, 1.82) is 0 Å². The van der Waals surface area contributed by atoms with Crippen LogP contribution in [0, 0.1) is 12.8 Å². The summed E-state index contributed by atoms with van der Waals surface area (Å²) in [5.74, 6) is 0.773. The summed E-state index contributed by atoms with van der Waals surface area (Å²) in [5, 5.41) is 0. The van der Waals surface area contributed by atoms with E-state index in [-0.39, 0.29) is 6.61 Å². The molecule has 2 rings (SSSR count). The highest BCUT2D eigenvalue weighted by atomic mass is 19.4. The number of hydrogen-bond acceptors (Lipinski definition) is 3. The van der Waals surface area contributed by atoms with Gasteiger partial charge >= 0.3 is 6.18 Å². The normalized spacial score (nSPS) is 22.0. The second kappa shape index (κ2) is 8.61. The lowest BCUT2D eigenvalue weighted by Gasteiger charge is -2.30. The highest BCUT2D eigenvalue weighted by Gasteiger charge is 2.27. The van der Waals surface area contributed by atoms with Crippen molar-refractivity contribution in [3.05, 3.63) is 35.5 Å².